The van der Waals surface area contributed by atoms with Gasteiger partial charge >= 0.3 is 0 Å². The van der Waals surface area contributed by atoms with Crippen LogP contribution in [0.3, 0.4) is 0 Å². The quantitative estimate of drug-likeness (QED) is 0.738. The van der Waals surface area contributed by atoms with E-state index in [0.717, 1.165) is 0 Å². The van der Waals surface area contributed by atoms with Crippen LogP contribution in [0, 0.1) is 5.82 Å². The molecule has 2 aromatic rings. The third kappa shape index (κ3) is 3.17. The van der Waals surface area contributed by atoms with E-state index < -0.39 is 5.82 Å². The van der Waals surface area contributed by atoms with E-state index in [9.17, 15) is 4.39 Å². The Morgan fingerprint density at radius 1 is 1.10 bits per heavy atom. The topological polar surface area (TPSA) is 18.5 Å². The van der Waals surface area contributed by atoms with E-state index in [0.29, 0.717) is 21.9 Å². The maximum atomic E-state index is 14.0. The van der Waals surface area contributed by atoms with Gasteiger partial charge in [0.15, 0.2) is 11.6 Å². The summed E-state index contributed by atoms with van der Waals surface area (Å²) < 4.78 is 24.5. The molecule has 0 saturated heterocycles. The number of alkyl halides is 1. The molecule has 2 rings (SSSR count). The van der Waals surface area contributed by atoms with Gasteiger partial charge in [-0.25, -0.2) is 4.39 Å². The molecule has 0 saturated carbocycles. The maximum absolute atomic E-state index is 14.0. The summed E-state index contributed by atoms with van der Waals surface area (Å²) in [5.74, 6) is 0.546. The highest BCUT2D eigenvalue weighted by atomic mass is 35.5. The normalized spacial score (nSPS) is 10.4. The molecule has 0 spiro atoms. The minimum Gasteiger partial charge on any atom is -0.494 e. The Morgan fingerprint density at radius 2 is 1.80 bits per heavy atom. The van der Waals surface area contributed by atoms with Crippen molar-refractivity contribution in [3.05, 3.63) is 58.4 Å². The van der Waals surface area contributed by atoms with E-state index in [1.807, 2.05) is 0 Å². The minimum absolute atomic E-state index is 0.0767. The van der Waals surface area contributed by atoms with Gasteiger partial charge in [0.05, 0.1) is 13.0 Å². The van der Waals surface area contributed by atoms with Crippen LogP contribution >= 0.6 is 23.2 Å². The van der Waals surface area contributed by atoms with Crippen molar-refractivity contribution in [3.63, 3.8) is 0 Å². The van der Waals surface area contributed by atoms with Gasteiger partial charge in [-0.15, -0.1) is 11.6 Å². The first-order chi connectivity index (χ1) is 9.67. The van der Waals surface area contributed by atoms with Crippen LogP contribution in [0.2, 0.25) is 5.02 Å². The maximum Gasteiger partial charge on any atom is 0.171 e. The first-order valence-electron chi connectivity index (χ1n) is 5.95. The molecule has 0 aliphatic rings. The summed E-state index contributed by atoms with van der Waals surface area (Å²) in [5.41, 5.74) is 1.10. The van der Waals surface area contributed by atoms with Gasteiger partial charge in [0.25, 0.3) is 0 Å². The second kappa shape index (κ2) is 6.82. The van der Waals surface area contributed by atoms with E-state index in [1.54, 1.807) is 36.4 Å². The van der Waals surface area contributed by atoms with E-state index >= 15 is 0 Å². The van der Waals surface area contributed by atoms with Crippen LogP contribution in [-0.4, -0.2) is 7.11 Å². The highest BCUT2D eigenvalue weighted by molar-refractivity contribution is 6.32. The number of benzene rings is 2. The molecule has 20 heavy (non-hydrogen) atoms. The largest absolute Gasteiger partial charge is 0.494 e. The molecule has 0 N–H and O–H groups in total. The van der Waals surface area contributed by atoms with Gasteiger partial charge in [-0.05, 0) is 18.2 Å². The van der Waals surface area contributed by atoms with Crippen molar-refractivity contribution in [1.82, 2.24) is 0 Å². The fourth-order valence-electron chi connectivity index (χ4n) is 1.78. The Balaban J connectivity index is 2.19. The first-order valence-corrected chi connectivity index (χ1v) is 6.86. The van der Waals surface area contributed by atoms with Gasteiger partial charge in [0, 0.05) is 16.1 Å². The number of halogens is 3. The first kappa shape index (κ1) is 14.9. The molecular formula is C15H13Cl2FO2. The van der Waals surface area contributed by atoms with Crippen molar-refractivity contribution in [2.75, 3.05) is 7.11 Å². The highest BCUT2D eigenvalue weighted by Gasteiger charge is 2.11. The highest BCUT2D eigenvalue weighted by Crippen LogP contribution is 2.29. The van der Waals surface area contributed by atoms with Crippen molar-refractivity contribution in [3.8, 4) is 11.5 Å². The summed E-state index contributed by atoms with van der Waals surface area (Å²) in [4.78, 5) is 0. The number of methoxy groups -OCH3 is 1. The van der Waals surface area contributed by atoms with E-state index in [1.165, 1.54) is 7.11 Å². The predicted molar refractivity (Wildman–Crippen MR) is 78.3 cm³/mol. The molecule has 2 nitrogen and oxygen atoms in total. The lowest BCUT2D eigenvalue weighted by atomic mass is 10.2. The minimum atomic E-state index is -0.426. The molecule has 0 radical (unpaired) electrons. The second-order valence-corrected chi connectivity index (χ2v) is 4.75. The van der Waals surface area contributed by atoms with Gasteiger partial charge < -0.3 is 9.47 Å². The standard InChI is InChI=1S/C15H13Cl2FO2/c1-19-14-7-2-4-10(15(14)18)9-20-13-6-3-5-12(17)11(13)8-16/h2-7H,8-9H2,1H3. The second-order valence-electron chi connectivity index (χ2n) is 4.07. The zero-order valence-electron chi connectivity index (χ0n) is 10.8. The van der Waals surface area contributed by atoms with Crippen LogP contribution in [0.15, 0.2) is 36.4 Å². The number of hydrogen-bond donors (Lipinski definition) is 0. The number of hydrogen-bond acceptors (Lipinski definition) is 2. The zero-order chi connectivity index (χ0) is 14.5. The molecule has 0 unspecified atom stereocenters. The van der Waals surface area contributed by atoms with Gasteiger partial charge in [0.1, 0.15) is 12.4 Å². The van der Waals surface area contributed by atoms with Crippen molar-refractivity contribution < 1.29 is 13.9 Å². The van der Waals surface area contributed by atoms with Crippen LogP contribution < -0.4 is 9.47 Å². The molecule has 0 bridgehead atoms. The predicted octanol–water partition coefficient (Wildman–Crippen LogP) is 4.81. The molecular weight excluding hydrogens is 302 g/mol. The Labute approximate surface area is 127 Å². The summed E-state index contributed by atoms with van der Waals surface area (Å²) >= 11 is 11.9. The molecule has 0 amide bonds. The smallest absolute Gasteiger partial charge is 0.171 e. The molecule has 5 heteroatoms. The van der Waals surface area contributed by atoms with Crippen LogP contribution in [0.4, 0.5) is 4.39 Å². The fourth-order valence-corrected chi connectivity index (χ4v) is 2.36. The third-order valence-electron chi connectivity index (χ3n) is 2.86. The fraction of sp³-hybridized carbons (Fsp3) is 0.200. The van der Waals surface area contributed by atoms with Crippen LogP contribution in [0.1, 0.15) is 11.1 Å². The molecule has 106 valence electrons. The van der Waals surface area contributed by atoms with Gasteiger partial charge in [0.2, 0.25) is 0 Å². The summed E-state index contributed by atoms with van der Waals surface area (Å²) in [6, 6.07) is 10.2. The molecule has 0 heterocycles. The van der Waals surface area contributed by atoms with Crippen molar-refractivity contribution in [1.29, 1.82) is 0 Å². The Kier molecular flexibility index (Phi) is 5.10. The summed E-state index contributed by atoms with van der Waals surface area (Å²) in [7, 11) is 1.42. The lowest BCUT2D eigenvalue weighted by Crippen LogP contribution is -2.02. The van der Waals surface area contributed by atoms with Crippen molar-refractivity contribution >= 4 is 23.2 Å². The molecule has 0 aromatic heterocycles. The van der Waals surface area contributed by atoms with E-state index in [2.05, 4.69) is 0 Å². The molecule has 0 atom stereocenters. The van der Waals surface area contributed by atoms with E-state index in [4.69, 9.17) is 32.7 Å². The lowest BCUT2D eigenvalue weighted by Gasteiger charge is -2.12. The van der Waals surface area contributed by atoms with Gasteiger partial charge in [-0.1, -0.05) is 29.8 Å². The molecule has 0 aliphatic heterocycles. The van der Waals surface area contributed by atoms with Crippen molar-refractivity contribution in [2.45, 2.75) is 12.5 Å². The number of rotatable bonds is 5. The molecule has 2 aromatic carbocycles. The summed E-state index contributed by atoms with van der Waals surface area (Å²) in [6.45, 7) is 0.0767. The SMILES string of the molecule is COc1cccc(COc2cccc(Cl)c2CCl)c1F. The lowest BCUT2D eigenvalue weighted by molar-refractivity contribution is 0.293. The average molecular weight is 315 g/mol. The van der Waals surface area contributed by atoms with Crippen LogP contribution in [0.5, 0.6) is 11.5 Å². The zero-order valence-corrected chi connectivity index (χ0v) is 12.3. The average Bonchev–Trinajstić information content (AvgIpc) is 2.46. The van der Waals surface area contributed by atoms with Crippen LogP contribution in [0.25, 0.3) is 0 Å². The number of ether oxygens (including phenoxy) is 2. The van der Waals surface area contributed by atoms with Gasteiger partial charge in [-0.3, -0.25) is 0 Å². The van der Waals surface area contributed by atoms with Crippen molar-refractivity contribution in [2.24, 2.45) is 0 Å². The molecule has 0 fully saturated rings. The van der Waals surface area contributed by atoms with Gasteiger partial charge in [-0.2, -0.15) is 0 Å². The Morgan fingerprint density at radius 3 is 2.50 bits per heavy atom. The Bertz CT molecular complexity index is 602. The Hall–Kier alpha value is -1.45. The van der Waals surface area contributed by atoms with Crippen LogP contribution in [-0.2, 0) is 12.5 Å². The molecule has 0 aliphatic carbocycles. The monoisotopic (exact) mass is 314 g/mol. The van der Waals surface area contributed by atoms with E-state index in [-0.39, 0.29) is 18.2 Å². The third-order valence-corrected chi connectivity index (χ3v) is 3.48. The summed E-state index contributed by atoms with van der Waals surface area (Å²) in [6.07, 6.45) is 0. The summed E-state index contributed by atoms with van der Waals surface area (Å²) in [5, 5.41) is 0.531.